The third kappa shape index (κ3) is 10.6. The number of hydrogen-bond acceptors (Lipinski definition) is 6. The molecule has 0 radical (unpaired) electrons. The molecule has 9 heteroatoms. The van der Waals surface area contributed by atoms with Crippen LogP contribution in [0.5, 0.6) is 11.5 Å². The highest BCUT2D eigenvalue weighted by atomic mass is 28.4. The maximum atomic E-state index is 13.1. The first-order valence-electron chi connectivity index (χ1n) is 18.8. The van der Waals surface area contributed by atoms with Gasteiger partial charge >= 0.3 is 0 Å². The van der Waals surface area contributed by atoms with E-state index < -0.39 is 8.32 Å². The van der Waals surface area contributed by atoms with E-state index in [-0.39, 0.29) is 29.7 Å². The van der Waals surface area contributed by atoms with Gasteiger partial charge < -0.3 is 34.6 Å². The highest BCUT2D eigenvalue weighted by molar-refractivity contribution is 6.74. The maximum Gasteiger partial charge on any atom is 0.267 e. The molecule has 4 aromatic carbocycles. The minimum absolute atomic E-state index is 0.0314. The number of hydrogen-bond donors (Lipinski definition) is 4. The van der Waals surface area contributed by atoms with Gasteiger partial charge in [0.15, 0.2) is 8.32 Å². The van der Waals surface area contributed by atoms with Crippen LogP contribution in [0.4, 0.5) is 0 Å². The SMILES string of the molecule is CCOc1ccccc1CNC(=O)c1cc2cc(C[C@@H](CC)NC[C@H](O[Si](C)(C)C(C)(C)C)c3ccc(OCc4ccccc4)c(CO)c3)ccc2[nH]1. The second kappa shape index (κ2) is 18.1. The van der Waals surface area contributed by atoms with E-state index in [4.69, 9.17) is 13.9 Å². The molecule has 53 heavy (non-hydrogen) atoms. The number of fused-ring (bicyclic) bond motifs is 1. The fraction of sp³-hybridized carbons (Fsp3) is 0.386. The van der Waals surface area contributed by atoms with E-state index in [0.717, 1.165) is 51.7 Å². The average molecular weight is 736 g/mol. The Bertz CT molecular complexity index is 1930. The molecule has 0 fully saturated rings. The quantitative estimate of drug-likeness (QED) is 0.0669. The fourth-order valence-corrected chi connectivity index (χ4v) is 7.41. The molecule has 1 heterocycles. The van der Waals surface area contributed by atoms with Crippen molar-refractivity contribution in [3.05, 3.63) is 131 Å². The van der Waals surface area contributed by atoms with Gasteiger partial charge in [-0.05, 0) is 91.0 Å². The number of aromatic amines is 1. The number of para-hydroxylation sites is 1. The van der Waals surface area contributed by atoms with Crippen molar-refractivity contribution in [2.45, 2.75) is 97.5 Å². The molecule has 0 aliphatic rings. The standard InChI is InChI=1S/C44H57N3O5Si/c1-8-37(24-32-19-21-38-35(23-32)26-39(47-38)43(49)46-27-34-17-13-14-18-40(34)50-9-2)45-28-42(52-53(6,7)44(3,4)5)33-20-22-41(36(25-33)29-48)51-30-31-15-11-10-12-16-31/h10-23,25-26,37,42,45,47-48H,8-9,24,27-30H2,1-7H3,(H,46,49)/t37-,42+/m1/s1. The number of aliphatic hydroxyl groups is 1. The van der Waals surface area contributed by atoms with Crippen molar-refractivity contribution in [1.82, 2.24) is 15.6 Å². The predicted molar refractivity (Wildman–Crippen MR) is 217 cm³/mol. The summed E-state index contributed by atoms with van der Waals surface area (Å²) < 4.78 is 18.9. The van der Waals surface area contributed by atoms with Gasteiger partial charge in [-0.1, -0.05) is 88.4 Å². The Kier molecular flexibility index (Phi) is 13.6. The molecule has 4 N–H and O–H groups in total. The third-order valence-electron chi connectivity index (χ3n) is 10.3. The number of ether oxygens (including phenoxy) is 2. The Labute approximate surface area is 316 Å². The highest BCUT2D eigenvalue weighted by Crippen LogP contribution is 2.40. The molecule has 282 valence electrons. The van der Waals surface area contributed by atoms with Crippen molar-refractivity contribution >= 4 is 25.1 Å². The summed E-state index contributed by atoms with van der Waals surface area (Å²) in [6.45, 7) is 17.4. The van der Waals surface area contributed by atoms with Crippen LogP contribution in [0.25, 0.3) is 10.9 Å². The summed E-state index contributed by atoms with van der Waals surface area (Å²) in [5.74, 6) is 1.30. The summed E-state index contributed by atoms with van der Waals surface area (Å²) in [5.41, 5.74) is 6.43. The van der Waals surface area contributed by atoms with Gasteiger partial charge in [-0.25, -0.2) is 0 Å². The molecule has 0 aliphatic heterocycles. The van der Waals surface area contributed by atoms with Gasteiger partial charge in [0.05, 0.1) is 19.3 Å². The predicted octanol–water partition coefficient (Wildman–Crippen LogP) is 9.24. The second-order valence-electron chi connectivity index (χ2n) is 15.2. The third-order valence-corrected chi connectivity index (χ3v) is 14.8. The number of benzene rings is 4. The number of nitrogens with one attached hydrogen (secondary N) is 3. The van der Waals surface area contributed by atoms with E-state index in [0.29, 0.717) is 37.7 Å². The van der Waals surface area contributed by atoms with Crippen LogP contribution in [-0.4, -0.2) is 43.5 Å². The van der Waals surface area contributed by atoms with E-state index in [1.54, 1.807) is 0 Å². The molecular weight excluding hydrogens is 679 g/mol. The molecule has 0 unspecified atom stereocenters. The number of carbonyl (C=O) groups excluding carboxylic acids is 1. The molecule has 8 nitrogen and oxygen atoms in total. The molecule has 0 bridgehead atoms. The zero-order valence-corrected chi connectivity index (χ0v) is 33.4. The Balaban J connectivity index is 1.27. The average Bonchev–Trinajstić information content (AvgIpc) is 3.58. The lowest BCUT2D eigenvalue weighted by Gasteiger charge is -2.40. The summed E-state index contributed by atoms with van der Waals surface area (Å²) >= 11 is 0. The smallest absolute Gasteiger partial charge is 0.267 e. The molecule has 1 aromatic heterocycles. The van der Waals surface area contributed by atoms with Crippen LogP contribution >= 0.6 is 0 Å². The molecule has 2 atom stereocenters. The maximum absolute atomic E-state index is 13.1. The Morgan fingerprint density at radius 3 is 2.30 bits per heavy atom. The number of H-pyrrole nitrogens is 1. The normalized spacial score (nSPS) is 13.1. The van der Waals surface area contributed by atoms with Crippen molar-refractivity contribution in [2.24, 2.45) is 0 Å². The van der Waals surface area contributed by atoms with Crippen LogP contribution < -0.4 is 20.1 Å². The van der Waals surface area contributed by atoms with Crippen molar-refractivity contribution in [3.63, 3.8) is 0 Å². The number of aromatic nitrogens is 1. The Morgan fingerprint density at radius 2 is 1.58 bits per heavy atom. The van der Waals surface area contributed by atoms with Crippen molar-refractivity contribution in [1.29, 1.82) is 0 Å². The molecule has 5 rings (SSSR count). The first-order chi connectivity index (χ1) is 25.4. The van der Waals surface area contributed by atoms with Gasteiger partial charge in [0.2, 0.25) is 0 Å². The van der Waals surface area contributed by atoms with E-state index in [1.165, 1.54) is 5.56 Å². The summed E-state index contributed by atoms with van der Waals surface area (Å²) in [6, 6.07) is 32.4. The fourth-order valence-electron chi connectivity index (χ4n) is 6.13. The minimum atomic E-state index is -2.15. The summed E-state index contributed by atoms with van der Waals surface area (Å²) in [6.07, 6.45) is 1.56. The highest BCUT2D eigenvalue weighted by Gasteiger charge is 2.39. The van der Waals surface area contributed by atoms with Gasteiger partial charge in [-0.3, -0.25) is 4.79 Å². The van der Waals surface area contributed by atoms with Crippen molar-refractivity contribution < 1.29 is 23.8 Å². The van der Waals surface area contributed by atoms with Crippen molar-refractivity contribution in [2.75, 3.05) is 13.2 Å². The van der Waals surface area contributed by atoms with E-state index in [1.807, 2.05) is 79.7 Å². The summed E-state index contributed by atoms with van der Waals surface area (Å²) in [5, 5.41) is 18.2. The van der Waals surface area contributed by atoms with Crippen LogP contribution in [0.15, 0.2) is 97.1 Å². The van der Waals surface area contributed by atoms with E-state index >= 15 is 0 Å². The number of rotatable bonds is 18. The first-order valence-corrected chi connectivity index (χ1v) is 21.7. The van der Waals surface area contributed by atoms with Gasteiger partial charge in [0.25, 0.3) is 5.91 Å². The van der Waals surface area contributed by atoms with Crippen LogP contribution in [-0.2, 0) is 30.6 Å². The zero-order chi connectivity index (χ0) is 38.0. The lowest BCUT2D eigenvalue weighted by Crippen LogP contribution is -2.44. The zero-order valence-electron chi connectivity index (χ0n) is 32.4. The lowest BCUT2D eigenvalue weighted by molar-refractivity contribution is 0.0946. The second-order valence-corrected chi connectivity index (χ2v) is 20.0. The molecule has 0 spiro atoms. The van der Waals surface area contributed by atoms with Crippen molar-refractivity contribution in [3.8, 4) is 11.5 Å². The molecule has 0 saturated heterocycles. The monoisotopic (exact) mass is 735 g/mol. The van der Waals surface area contributed by atoms with E-state index in [9.17, 15) is 9.90 Å². The van der Waals surface area contributed by atoms with Gasteiger partial charge in [-0.2, -0.15) is 0 Å². The minimum Gasteiger partial charge on any atom is -0.494 e. The molecule has 0 aliphatic carbocycles. The number of amides is 1. The molecular formula is C44H57N3O5Si. The topological polar surface area (TPSA) is 105 Å². The van der Waals surface area contributed by atoms with Gasteiger partial charge in [0, 0.05) is 41.2 Å². The largest absolute Gasteiger partial charge is 0.494 e. The summed E-state index contributed by atoms with van der Waals surface area (Å²) in [4.78, 5) is 16.4. The molecule has 1 amide bonds. The summed E-state index contributed by atoms with van der Waals surface area (Å²) in [7, 11) is -2.15. The van der Waals surface area contributed by atoms with Crippen LogP contribution in [0.1, 0.15) is 85.4 Å². The number of aliphatic hydroxyl groups excluding tert-OH is 1. The molecule has 5 aromatic rings. The Hall–Kier alpha value is -4.41. The van der Waals surface area contributed by atoms with E-state index in [2.05, 4.69) is 80.7 Å². The van der Waals surface area contributed by atoms with Crippen LogP contribution in [0.3, 0.4) is 0 Å². The van der Waals surface area contributed by atoms with Crippen LogP contribution in [0, 0.1) is 0 Å². The van der Waals surface area contributed by atoms with Crippen LogP contribution in [0.2, 0.25) is 18.1 Å². The lowest BCUT2D eigenvalue weighted by atomic mass is 10.0. The molecule has 0 saturated carbocycles. The number of carbonyl (C=O) groups is 1. The van der Waals surface area contributed by atoms with Gasteiger partial charge in [-0.15, -0.1) is 0 Å². The van der Waals surface area contributed by atoms with Gasteiger partial charge in [0.1, 0.15) is 23.8 Å². The first kappa shape index (κ1) is 39.8. The Morgan fingerprint density at radius 1 is 0.849 bits per heavy atom.